The summed E-state index contributed by atoms with van der Waals surface area (Å²) in [5.74, 6) is 6.78. The lowest BCUT2D eigenvalue weighted by Crippen LogP contribution is -2.46. The predicted molar refractivity (Wildman–Crippen MR) is 97.8 cm³/mol. The quantitative estimate of drug-likeness (QED) is 0.469. The number of hydrogen-bond acceptors (Lipinski definition) is 7. The smallest absolute Gasteiger partial charge is 0.245 e. The van der Waals surface area contributed by atoms with Crippen LogP contribution in [0.4, 0.5) is 11.8 Å². The number of aromatic nitrogens is 4. The molecule has 1 aliphatic heterocycles. The molecule has 0 aliphatic carbocycles. The summed E-state index contributed by atoms with van der Waals surface area (Å²) in [5.41, 5.74) is 1.11. The Balaban J connectivity index is 1.61. The number of carbonyl (C=O) groups is 1. The van der Waals surface area contributed by atoms with Gasteiger partial charge in [0.05, 0.1) is 4.47 Å². The number of piperidine rings is 1. The number of anilines is 2. The molecule has 3 rings (SSSR count). The monoisotopic (exact) mass is 405 g/mol. The van der Waals surface area contributed by atoms with Crippen LogP contribution in [0, 0.1) is 5.92 Å². The van der Waals surface area contributed by atoms with Crippen molar-refractivity contribution < 1.29 is 4.79 Å². The second-order valence-electron chi connectivity index (χ2n) is 5.91. The van der Waals surface area contributed by atoms with Crippen molar-refractivity contribution in [2.45, 2.75) is 26.2 Å². The molecule has 132 valence electrons. The molecule has 3 heterocycles. The van der Waals surface area contributed by atoms with Crippen LogP contribution in [0.2, 0.25) is 0 Å². The number of rotatable bonds is 4. The van der Waals surface area contributed by atoms with Crippen LogP contribution in [0.3, 0.4) is 0 Å². The average molecular weight is 406 g/mol. The topological polar surface area (TPSA) is 101 Å². The van der Waals surface area contributed by atoms with Crippen LogP contribution in [-0.2, 0) is 11.2 Å². The third-order valence-electron chi connectivity index (χ3n) is 4.34. The maximum Gasteiger partial charge on any atom is 0.245 e. The van der Waals surface area contributed by atoms with E-state index in [2.05, 4.69) is 47.7 Å². The molecule has 0 unspecified atom stereocenters. The van der Waals surface area contributed by atoms with E-state index in [1.807, 2.05) is 12.4 Å². The van der Waals surface area contributed by atoms with Crippen LogP contribution >= 0.6 is 15.9 Å². The van der Waals surface area contributed by atoms with Crippen molar-refractivity contribution in [3.63, 3.8) is 0 Å². The van der Waals surface area contributed by atoms with Gasteiger partial charge in [0, 0.05) is 37.6 Å². The number of aryl methyl sites for hydroxylation is 1. The first-order valence-corrected chi connectivity index (χ1v) is 8.99. The van der Waals surface area contributed by atoms with Crippen LogP contribution in [-0.4, -0.2) is 38.9 Å². The van der Waals surface area contributed by atoms with Crippen molar-refractivity contribution in [1.82, 2.24) is 19.9 Å². The highest BCUT2D eigenvalue weighted by molar-refractivity contribution is 9.10. The molecule has 1 aliphatic rings. The van der Waals surface area contributed by atoms with Crippen LogP contribution < -0.4 is 15.8 Å². The standard InChI is InChI=1S/C16H20BrN7O/c1-2-11-7-20-16(21-8-11)23-5-3-12(4-6-23)15(25)24(18)14-13(17)9-19-10-22-14/h7-10,12H,2-6,18H2,1H3. The van der Waals surface area contributed by atoms with Gasteiger partial charge in [0.25, 0.3) is 0 Å². The Morgan fingerprint density at radius 1 is 1.28 bits per heavy atom. The summed E-state index contributed by atoms with van der Waals surface area (Å²) in [6.45, 7) is 3.52. The Kier molecular flexibility index (Phi) is 5.54. The molecule has 2 aromatic heterocycles. The van der Waals surface area contributed by atoms with Crippen molar-refractivity contribution in [3.8, 4) is 0 Å². The molecule has 8 nitrogen and oxygen atoms in total. The molecule has 1 amide bonds. The summed E-state index contributed by atoms with van der Waals surface area (Å²) >= 11 is 3.32. The molecule has 0 spiro atoms. The summed E-state index contributed by atoms with van der Waals surface area (Å²) in [6, 6.07) is 0. The number of nitrogens with two attached hydrogens (primary N) is 1. The molecule has 0 aromatic carbocycles. The van der Waals surface area contributed by atoms with Gasteiger partial charge in [0.15, 0.2) is 5.82 Å². The third-order valence-corrected chi connectivity index (χ3v) is 4.90. The molecule has 9 heteroatoms. The van der Waals surface area contributed by atoms with Gasteiger partial charge < -0.3 is 4.90 Å². The molecule has 2 aromatic rings. The van der Waals surface area contributed by atoms with Crippen molar-refractivity contribution in [2.75, 3.05) is 23.0 Å². The Hall–Kier alpha value is -2.13. The fourth-order valence-electron chi connectivity index (χ4n) is 2.80. The Morgan fingerprint density at radius 2 is 1.96 bits per heavy atom. The minimum absolute atomic E-state index is 0.138. The van der Waals surface area contributed by atoms with E-state index in [-0.39, 0.29) is 11.8 Å². The SMILES string of the molecule is CCc1cnc(N2CCC(C(=O)N(N)c3ncncc3Br)CC2)nc1. The molecule has 1 fully saturated rings. The summed E-state index contributed by atoms with van der Waals surface area (Å²) in [6.07, 6.45) is 8.97. The van der Waals surface area contributed by atoms with Crippen molar-refractivity contribution >= 4 is 33.6 Å². The van der Waals surface area contributed by atoms with Crippen molar-refractivity contribution in [1.29, 1.82) is 0 Å². The minimum Gasteiger partial charge on any atom is -0.341 e. The fourth-order valence-corrected chi connectivity index (χ4v) is 3.22. The van der Waals surface area contributed by atoms with Gasteiger partial charge in [-0.15, -0.1) is 0 Å². The average Bonchev–Trinajstić information content (AvgIpc) is 2.67. The normalized spacial score (nSPS) is 15.2. The van der Waals surface area contributed by atoms with Gasteiger partial charge in [-0.3, -0.25) is 4.79 Å². The van der Waals surface area contributed by atoms with Gasteiger partial charge in [0.1, 0.15) is 6.33 Å². The number of hydrogen-bond donors (Lipinski definition) is 1. The highest BCUT2D eigenvalue weighted by atomic mass is 79.9. The number of amides is 1. The van der Waals surface area contributed by atoms with E-state index in [0.717, 1.165) is 30.1 Å². The number of halogens is 1. The van der Waals surface area contributed by atoms with E-state index < -0.39 is 0 Å². The summed E-state index contributed by atoms with van der Waals surface area (Å²) in [7, 11) is 0. The molecular formula is C16H20BrN7O. The maximum absolute atomic E-state index is 12.6. The van der Waals surface area contributed by atoms with E-state index in [0.29, 0.717) is 29.1 Å². The molecule has 0 bridgehead atoms. The van der Waals surface area contributed by atoms with E-state index in [1.165, 1.54) is 6.33 Å². The predicted octanol–water partition coefficient (Wildman–Crippen LogP) is 1.71. The highest BCUT2D eigenvalue weighted by Crippen LogP contribution is 2.26. The van der Waals surface area contributed by atoms with Crippen LogP contribution in [0.1, 0.15) is 25.3 Å². The molecule has 1 saturated heterocycles. The lowest BCUT2D eigenvalue weighted by Gasteiger charge is -2.32. The van der Waals surface area contributed by atoms with Crippen LogP contribution in [0.25, 0.3) is 0 Å². The van der Waals surface area contributed by atoms with Crippen molar-refractivity contribution in [2.24, 2.45) is 11.8 Å². The van der Waals surface area contributed by atoms with Gasteiger partial charge in [-0.05, 0) is 40.8 Å². The number of hydrazine groups is 1. The van der Waals surface area contributed by atoms with Crippen LogP contribution in [0.5, 0.6) is 0 Å². The highest BCUT2D eigenvalue weighted by Gasteiger charge is 2.30. The Bertz CT molecular complexity index is 732. The van der Waals surface area contributed by atoms with E-state index in [1.54, 1.807) is 6.20 Å². The Labute approximate surface area is 154 Å². The molecule has 0 atom stereocenters. The van der Waals surface area contributed by atoms with Gasteiger partial charge in [-0.1, -0.05) is 6.92 Å². The lowest BCUT2D eigenvalue weighted by atomic mass is 9.96. The molecule has 2 N–H and O–H groups in total. The first kappa shape index (κ1) is 17.7. The van der Waals surface area contributed by atoms with Gasteiger partial charge in [-0.2, -0.15) is 0 Å². The van der Waals surface area contributed by atoms with Crippen LogP contribution in [0.15, 0.2) is 29.4 Å². The second kappa shape index (κ2) is 7.83. The van der Waals surface area contributed by atoms with Crippen molar-refractivity contribution in [3.05, 3.63) is 35.0 Å². The van der Waals surface area contributed by atoms with E-state index >= 15 is 0 Å². The third kappa shape index (κ3) is 3.93. The van der Waals surface area contributed by atoms with E-state index in [9.17, 15) is 4.79 Å². The summed E-state index contributed by atoms with van der Waals surface area (Å²) in [4.78, 5) is 31.5. The Morgan fingerprint density at radius 3 is 2.56 bits per heavy atom. The van der Waals surface area contributed by atoms with Gasteiger partial charge >= 0.3 is 0 Å². The first-order chi connectivity index (χ1) is 12.1. The molecule has 25 heavy (non-hydrogen) atoms. The second-order valence-corrected chi connectivity index (χ2v) is 6.76. The first-order valence-electron chi connectivity index (χ1n) is 8.20. The zero-order valence-corrected chi connectivity index (χ0v) is 15.6. The molecule has 0 saturated carbocycles. The number of carbonyl (C=O) groups excluding carboxylic acids is 1. The largest absolute Gasteiger partial charge is 0.341 e. The zero-order chi connectivity index (χ0) is 17.8. The molecule has 0 radical (unpaired) electrons. The summed E-state index contributed by atoms with van der Waals surface area (Å²) < 4.78 is 0.590. The molecular weight excluding hydrogens is 386 g/mol. The zero-order valence-electron chi connectivity index (χ0n) is 14.0. The fraction of sp³-hybridized carbons (Fsp3) is 0.438. The lowest BCUT2D eigenvalue weighted by molar-refractivity contribution is -0.123. The van der Waals surface area contributed by atoms with Gasteiger partial charge in [0.2, 0.25) is 11.9 Å². The maximum atomic E-state index is 12.6. The minimum atomic E-state index is -0.141. The summed E-state index contributed by atoms with van der Waals surface area (Å²) in [5, 5.41) is 1.11. The number of nitrogens with zero attached hydrogens (tertiary/aromatic N) is 6. The van der Waals surface area contributed by atoms with E-state index in [4.69, 9.17) is 5.84 Å². The van der Waals surface area contributed by atoms with Gasteiger partial charge in [-0.25, -0.2) is 30.8 Å².